The van der Waals surface area contributed by atoms with Crippen LogP contribution >= 0.6 is 0 Å². The van der Waals surface area contributed by atoms with Gasteiger partial charge in [-0.25, -0.2) is 0 Å². The minimum Gasteiger partial charge on any atom is -0.372 e. The third-order valence-corrected chi connectivity index (χ3v) is 4.60. The largest absolute Gasteiger partial charge is 0.459 e. The van der Waals surface area contributed by atoms with Gasteiger partial charge in [0.2, 0.25) is 0 Å². The van der Waals surface area contributed by atoms with E-state index in [9.17, 15) is 61.5 Å². The third-order valence-electron chi connectivity index (χ3n) is 4.60. The van der Waals surface area contributed by atoms with E-state index in [4.69, 9.17) is 0 Å². The second-order valence-corrected chi connectivity index (χ2v) is 6.96. The standard InChI is InChI=1S/C15H16F14O2/c16-10(17,12(20,21)14(24,25)26)6-30-5-9(8-3-1-2-4-8)31-7-11(18,19)13(22,23)15(27,28)29/h8-9H,1-7H2. The van der Waals surface area contributed by atoms with Crippen LogP contribution in [-0.4, -0.2) is 62.0 Å². The van der Waals surface area contributed by atoms with Crippen molar-refractivity contribution >= 4 is 0 Å². The van der Waals surface area contributed by atoms with Crippen molar-refractivity contribution < 1.29 is 70.9 Å². The minimum atomic E-state index is -6.65. The molecule has 186 valence electrons. The van der Waals surface area contributed by atoms with Crippen molar-refractivity contribution in [3.63, 3.8) is 0 Å². The summed E-state index contributed by atoms with van der Waals surface area (Å²) < 4.78 is 186. The Morgan fingerprint density at radius 1 is 0.613 bits per heavy atom. The monoisotopic (exact) mass is 494 g/mol. The highest BCUT2D eigenvalue weighted by Crippen LogP contribution is 2.48. The lowest BCUT2D eigenvalue weighted by Gasteiger charge is -2.32. The van der Waals surface area contributed by atoms with Crippen molar-refractivity contribution in [1.82, 2.24) is 0 Å². The van der Waals surface area contributed by atoms with Crippen LogP contribution in [0.25, 0.3) is 0 Å². The molecule has 1 rings (SSSR count). The van der Waals surface area contributed by atoms with Gasteiger partial charge < -0.3 is 9.47 Å². The molecule has 1 aliphatic carbocycles. The van der Waals surface area contributed by atoms with Gasteiger partial charge in [-0.05, 0) is 18.8 Å². The van der Waals surface area contributed by atoms with Gasteiger partial charge in [-0.15, -0.1) is 0 Å². The first-order valence-electron chi connectivity index (χ1n) is 8.51. The van der Waals surface area contributed by atoms with Gasteiger partial charge in [0.05, 0.1) is 12.7 Å². The summed E-state index contributed by atoms with van der Waals surface area (Å²) in [5, 5.41) is 0. The second-order valence-electron chi connectivity index (χ2n) is 6.96. The lowest BCUT2D eigenvalue weighted by atomic mass is 10.0. The first-order valence-corrected chi connectivity index (χ1v) is 8.51. The zero-order valence-electron chi connectivity index (χ0n) is 15.2. The maximum atomic E-state index is 13.4. The lowest BCUT2D eigenvalue weighted by molar-refractivity contribution is -0.366. The van der Waals surface area contributed by atoms with Crippen molar-refractivity contribution in [2.24, 2.45) is 5.92 Å². The third kappa shape index (κ3) is 6.05. The molecule has 1 saturated carbocycles. The number of ether oxygens (including phenoxy) is 2. The molecule has 1 fully saturated rings. The van der Waals surface area contributed by atoms with E-state index in [1.807, 2.05) is 0 Å². The predicted octanol–water partition coefficient (Wildman–Crippen LogP) is 6.24. The Morgan fingerprint density at radius 2 is 1.00 bits per heavy atom. The summed E-state index contributed by atoms with van der Waals surface area (Å²) in [7, 11) is 0. The molecule has 1 unspecified atom stereocenters. The highest BCUT2D eigenvalue weighted by atomic mass is 19.4. The average molecular weight is 494 g/mol. The Morgan fingerprint density at radius 3 is 1.39 bits per heavy atom. The summed E-state index contributed by atoms with van der Waals surface area (Å²) in [6.07, 6.45) is -14.1. The van der Waals surface area contributed by atoms with E-state index in [-0.39, 0.29) is 12.8 Å². The highest BCUT2D eigenvalue weighted by molar-refractivity contribution is 4.92. The summed E-state index contributed by atoms with van der Waals surface area (Å²) in [6.45, 7) is -6.39. The molecule has 0 spiro atoms. The van der Waals surface area contributed by atoms with Crippen LogP contribution in [0.2, 0.25) is 0 Å². The fourth-order valence-corrected chi connectivity index (χ4v) is 2.76. The molecular weight excluding hydrogens is 478 g/mol. The van der Waals surface area contributed by atoms with Crippen LogP contribution in [0.5, 0.6) is 0 Å². The van der Waals surface area contributed by atoms with Crippen LogP contribution in [0.3, 0.4) is 0 Å². The minimum absolute atomic E-state index is 0.115. The number of hydrogen-bond acceptors (Lipinski definition) is 2. The molecule has 0 aromatic carbocycles. The molecule has 1 atom stereocenters. The van der Waals surface area contributed by atoms with Crippen LogP contribution in [0.15, 0.2) is 0 Å². The molecule has 31 heavy (non-hydrogen) atoms. The smallest absolute Gasteiger partial charge is 0.372 e. The van der Waals surface area contributed by atoms with E-state index >= 15 is 0 Å². The molecule has 0 radical (unpaired) electrons. The summed E-state index contributed by atoms with van der Waals surface area (Å²) in [5.74, 6) is -25.4. The number of rotatable bonds is 10. The van der Waals surface area contributed by atoms with Crippen molar-refractivity contribution in [2.45, 2.75) is 67.8 Å². The molecule has 16 heteroatoms. The van der Waals surface area contributed by atoms with E-state index in [1.54, 1.807) is 0 Å². The SMILES string of the molecule is FC(F)(F)C(F)(F)C(F)(F)COCC(OCC(F)(F)C(F)(F)C(F)(F)F)C1CCCC1. The van der Waals surface area contributed by atoms with Crippen molar-refractivity contribution in [3.05, 3.63) is 0 Å². The fourth-order valence-electron chi connectivity index (χ4n) is 2.76. The average Bonchev–Trinajstić information content (AvgIpc) is 3.09. The van der Waals surface area contributed by atoms with Gasteiger partial charge in [0.1, 0.15) is 13.2 Å². The van der Waals surface area contributed by atoms with Crippen LogP contribution in [0.1, 0.15) is 25.7 Å². The molecule has 0 N–H and O–H groups in total. The molecule has 0 saturated heterocycles. The lowest BCUT2D eigenvalue weighted by Crippen LogP contribution is -2.55. The first kappa shape index (κ1) is 28.0. The quantitative estimate of drug-likeness (QED) is 0.335. The van der Waals surface area contributed by atoms with Gasteiger partial charge in [0.15, 0.2) is 0 Å². The maximum Gasteiger partial charge on any atom is 0.459 e. The van der Waals surface area contributed by atoms with Gasteiger partial charge in [-0.3, -0.25) is 0 Å². The number of alkyl halides is 14. The molecule has 0 aliphatic heterocycles. The highest BCUT2D eigenvalue weighted by Gasteiger charge is 2.74. The summed E-state index contributed by atoms with van der Waals surface area (Å²) in [5.41, 5.74) is 0. The van der Waals surface area contributed by atoms with E-state index < -0.39 is 67.9 Å². The summed E-state index contributed by atoms with van der Waals surface area (Å²) in [6, 6.07) is 0. The Kier molecular flexibility index (Phi) is 8.17. The van der Waals surface area contributed by atoms with E-state index in [0.29, 0.717) is 12.8 Å². The zero-order chi connectivity index (χ0) is 24.5. The maximum absolute atomic E-state index is 13.4. The van der Waals surface area contributed by atoms with Gasteiger partial charge in [0, 0.05) is 0 Å². The van der Waals surface area contributed by atoms with E-state index in [0.717, 1.165) is 0 Å². The molecule has 0 bridgehead atoms. The number of hydrogen-bond donors (Lipinski definition) is 0. The Balaban J connectivity index is 2.84. The molecule has 1 aliphatic rings. The molecule has 0 heterocycles. The Hall–Kier alpha value is -1.06. The normalized spacial score (nSPS) is 19.2. The van der Waals surface area contributed by atoms with Crippen LogP contribution < -0.4 is 0 Å². The fraction of sp³-hybridized carbons (Fsp3) is 1.00. The van der Waals surface area contributed by atoms with Crippen LogP contribution in [-0.2, 0) is 9.47 Å². The van der Waals surface area contributed by atoms with Crippen LogP contribution in [0, 0.1) is 5.92 Å². The van der Waals surface area contributed by atoms with Crippen molar-refractivity contribution in [1.29, 1.82) is 0 Å². The second kappa shape index (κ2) is 9.06. The van der Waals surface area contributed by atoms with Gasteiger partial charge in [0.25, 0.3) is 0 Å². The summed E-state index contributed by atoms with van der Waals surface area (Å²) >= 11 is 0. The van der Waals surface area contributed by atoms with Crippen LogP contribution in [0.4, 0.5) is 61.5 Å². The first-order chi connectivity index (χ1) is 13.7. The van der Waals surface area contributed by atoms with Gasteiger partial charge in [-0.2, -0.15) is 61.5 Å². The predicted molar refractivity (Wildman–Crippen MR) is 74.4 cm³/mol. The zero-order valence-corrected chi connectivity index (χ0v) is 15.2. The molecule has 0 aromatic heterocycles. The van der Waals surface area contributed by atoms with Gasteiger partial charge >= 0.3 is 36.0 Å². The molecule has 0 amide bonds. The summed E-state index contributed by atoms with van der Waals surface area (Å²) in [4.78, 5) is 0. The Bertz CT molecular complexity index is 577. The van der Waals surface area contributed by atoms with E-state index in [1.165, 1.54) is 0 Å². The van der Waals surface area contributed by atoms with Crippen molar-refractivity contribution in [2.75, 3.05) is 19.8 Å². The number of halogens is 14. The molecule has 0 aromatic rings. The molecule has 2 nitrogen and oxygen atoms in total. The molecular formula is C15H16F14O2. The van der Waals surface area contributed by atoms with Crippen molar-refractivity contribution in [3.8, 4) is 0 Å². The van der Waals surface area contributed by atoms with E-state index in [2.05, 4.69) is 9.47 Å². The Labute approximate surface area is 165 Å². The van der Waals surface area contributed by atoms with Gasteiger partial charge in [-0.1, -0.05) is 12.8 Å². The topological polar surface area (TPSA) is 18.5 Å².